The molecule has 0 radical (unpaired) electrons. The lowest BCUT2D eigenvalue weighted by Gasteiger charge is -2.11. The van der Waals surface area contributed by atoms with E-state index in [1.54, 1.807) is 0 Å². The molecule has 0 heterocycles. The number of nitrogens with zero attached hydrogens (tertiary/aromatic N) is 1. The lowest BCUT2D eigenvalue weighted by molar-refractivity contribution is 0.0952. The van der Waals surface area contributed by atoms with Gasteiger partial charge in [0.2, 0.25) is 0 Å². The summed E-state index contributed by atoms with van der Waals surface area (Å²) in [5.41, 5.74) is 0.507. The topological polar surface area (TPSA) is 78.5 Å². The quantitative estimate of drug-likeness (QED) is 0.690. The van der Waals surface area contributed by atoms with Crippen LogP contribution in [-0.2, 0) is 10.0 Å². The van der Waals surface area contributed by atoms with Crippen molar-refractivity contribution in [2.45, 2.75) is 11.3 Å². The summed E-state index contributed by atoms with van der Waals surface area (Å²) in [5, 5.41) is 2.79. The second-order valence-corrected chi connectivity index (χ2v) is 7.74. The summed E-state index contributed by atoms with van der Waals surface area (Å²) in [7, 11) is 0.0575. The van der Waals surface area contributed by atoms with E-state index in [1.165, 1.54) is 42.5 Å². The van der Waals surface area contributed by atoms with Gasteiger partial charge in [-0.05, 0) is 69.5 Å². The van der Waals surface area contributed by atoms with E-state index >= 15 is 0 Å². The van der Waals surface area contributed by atoms with Gasteiger partial charge in [0.1, 0.15) is 5.82 Å². The van der Waals surface area contributed by atoms with Crippen LogP contribution in [0.4, 0.5) is 10.1 Å². The zero-order valence-corrected chi connectivity index (χ0v) is 15.5. The van der Waals surface area contributed by atoms with E-state index in [1.807, 2.05) is 19.0 Å². The van der Waals surface area contributed by atoms with E-state index in [2.05, 4.69) is 10.0 Å². The Kier molecular flexibility index (Phi) is 6.70. The molecule has 6 nitrogen and oxygen atoms in total. The van der Waals surface area contributed by atoms with Crippen LogP contribution in [-0.4, -0.2) is 46.4 Å². The molecule has 8 heteroatoms. The van der Waals surface area contributed by atoms with E-state index in [-0.39, 0.29) is 16.5 Å². The molecule has 1 amide bonds. The van der Waals surface area contributed by atoms with Crippen molar-refractivity contribution in [1.29, 1.82) is 0 Å². The van der Waals surface area contributed by atoms with Crippen LogP contribution in [0.25, 0.3) is 0 Å². The molecule has 2 aromatic rings. The Labute approximate surface area is 153 Å². The molecule has 0 aromatic heterocycles. The lowest BCUT2D eigenvalue weighted by atomic mass is 10.2. The van der Waals surface area contributed by atoms with Gasteiger partial charge in [0.15, 0.2) is 0 Å². The first-order valence-corrected chi connectivity index (χ1v) is 9.57. The summed E-state index contributed by atoms with van der Waals surface area (Å²) in [5.74, 6) is -0.794. The number of hydrogen-bond donors (Lipinski definition) is 2. The van der Waals surface area contributed by atoms with Crippen molar-refractivity contribution in [3.63, 3.8) is 0 Å². The molecule has 2 rings (SSSR count). The standard InChI is InChI=1S/C18H22FN3O3S/c1-22(2)12-4-11-20-18(23)14-7-9-17(10-8-14)26(24,25)21-16-6-3-5-15(19)13-16/h3,5-10,13,21H,4,11-12H2,1-2H3,(H,20,23). The van der Waals surface area contributed by atoms with Gasteiger partial charge < -0.3 is 10.2 Å². The molecule has 0 aliphatic carbocycles. The SMILES string of the molecule is CN(C)CCCNC(=O)c1ccc(S(=O)(=O)Nc2cccc(F)c2)cc1. The summed E-state index contributed by atoms with van der Waals surface area (Å²) < 4.78 is 40.1. The molecule has 2 aromatic carbocycles. The summed E-state index contributed by atoms with van der Waals surface area (Å²) >= 11 is 0. The van der Waals surface area contributed by atoms with E-state index < -0.39 is 15.8 Å². The lowest BCUT2D eigenvalue weighted by Crippen LogP contribution is -2.27. The first-order chi connectivity index (χ1) is 12.3. The molecule has 0 saturated carbocycles. The van der Waals surface area contributed by atoms with Gasteiger partial charge in [-0.15, -0.1) is 0 Å². The van der Waals surface area contributed by atoms with Crippen LogP contribution < -0.4 is 10.0 Å². The Bertz CT molecular complexity index is 852. The fourth-order valence-electron chi connectivity index (χ4n) is 2.25. The Hall–Kier alpha value is -2.45. The van der Waals surface area contributed by atoms with Gasteiger partial charge in [0.05, 0.1) is 10.6 Å². The van der Waals surface area contributed by atoms with E-state index in [9.17, 15) is 17.6 Å². The van der Waals surface area contributed by atoms with Crippen LogP contribution in [0.1, 0.15) is 16.8 Å². The molecule has 140 valence electrons. The molecule has 0 bridgehead atoms. The fraction of sp³-hybridized carbons (Fsp3) is 0.278. The second kappa shape index (κ2) is 8.77. The van der Waals surface area contributed by atoms with Crippen LogP contribution in [0.5, 0.6) is 0 Å². The van der Waals surface area contributed by atoms with Crippen LogP contribution >= 0.6 is 0 Å². The molecular weight excluding hydrogens is 357 g/mol. The van der Waals surface area contributed by atoms with Crippen LogP contribution in [0, 0.1) is 5.82 Å². The second-order valence-electron chi connectivity index (χ2n) is 6.05. The first-order valence-electron chi connectivity index (χ1n) is 8.09. The van der Waals surface area contributed by atoms with Crippen molar-refractivity contribution in [1.82, 2.24) is 10.2 Å². The Morgan fingerprint density at radius 1 is 1.12 bits per heavy atom. The molecule has 0 saturated heterocycles. The van der Waals surface area contributed by atoms with Crippen molar-refractivity contribution in [3.05, 3.63) is 59.9 Å². The highest BCUT2D eigenvalue weighted by molar-refractivity contribution is 7.92. The Morgan fingerprint density at radius 3 is 2.42 bits per heavy atom. The minimum absolute atomic E-state index is 0.00841. The van der Waals surface area contributed by atoms with Gasteiger partial charge in [-0.1, -0.05) is 6.07 Å². The zero-order valence-electron chi connectivity index (χ0n) is 14.7. The largest absolute Gasteiger partial charge is 0.352 e. The average molecular weight is 379 g/mol. The number of sulfonamides is 1. The smallest absolute Gasteiger partial charge is 0.261 e. The first kappa shape index (κ1) is 19.9. The van der Waals surface area contributed by atoms with Gasteiger partial charge >= 0.3 is 0 Å². The Balaban J connectivity index is 2.00. The van der Waals surface area contributed by atoms with Gasteiger partial charge in [-0.25, -0.2) is 12.8 Å². The summed E-state index contributed by atoms with van der Waals surface area (Å²) in [4.78, 5) is 14.1. The predicted molar refractivity (Wildman–Crippen MR) is 99.2 cm³/mol. The Morgan fingerprint density at radius 2 is 1.81 bits per heavy atom. The summed E-state index contributed by atoms with van der Waals surface area (Å²) in [6.45, 7) is 1.40. The number of carbonyl (C=O) groups excluding carboxylic acids is 1. The third-order valence-electron chi connectivity index (χ3n) is 3.57. The van der Waals surface area contributed by atoms with E-state index in [4.69, 9.17) is 0 Å². The van der Waals surface area contributed by atoms with Crippen molar-refractivity contribution in [2.24, 2.45) is 0 Å². The highest BCUT2D eigenvalue weighted by Crippen LogP contribution is 2.17. The van der Waals surface area contributed by atoms with Gasteiger partial charge in [0, 0.05) is 12.1 Å². The number of amides is 1. The van der Waals surface area contributed by atoms with Crippen molar-refractivity contribution >= 4 is 21.6 Å². The third-order valence-corrected chi connectivity index (χ3v) is 4.97. The number of rotatable bonds is 8. The molecule has 0 unspecified atom stereocenters. The monoisotopic (exact) mass is 379 g/mol. The maximum absolute atomic E-state index is 13.2. The molecule has 0 spiro atoms. The van der Waals surface area contributed by atoms with Crippen molar-refractivity contribution < 1.29 is 17.6 Å². The molecule has 26 heavy (non-hydrogen) atoms. The highest BCUT2D eigenvalue weighted by atomic mass is 32.2. The summed E-state index contributed by atoms with van der Waals surface area (Å²) in [6, 6.07) is 10.8. The minimum Gasteiger partial charge on any atom is -0.352 e. The maximum atomic E-state index is 13.2. The minimum atomic E-state index is -3.86. The van der Waals surface area contributed by atoms with Crippen LogP contribution in [0.3, 0.4) is 0 Å². The molecular formula is C18H22FN3O3S. The number of benzene rings is 2. The van der Waals surface area contributed by atoms with Crippen LogP contribution in [0.2, 0.25) is 0 Å². The summed E-state index contributed by atoms with van der Waals surface area (Å²) in [6.07, 6.45) is 0.822. The number of carbonyl (C=O) groups is 1. The number of nitrogens with one attached hydrogen (secondary N) is 2. The molecule has 0 fully saturated rings. The average Bonchev–Trinajstić information content (AvgIpc) is 2.58. The number of hydrogen-bond acceptors (Lipinski definition) is 4. The van der Waals surface area contributed by atoms with E-state index in [0.717, 1.165) is 19.0 Å². The van der Waals surface area contributed by atoms with Gasteiger partial charge in [-0.2, -0.15) is 0 Å². The molecule has 2 N–H and O–H groups in total. The predicted octanol–water partition coefficient (Wildman–Crippen LogP) is 2.31. The van der Waals surface area contributed by atoms with Crippen LogP contribution in [0.15, 0.2) is 53.4 Å². The third kappa shape index (κ3) is 5.82. The molecule has 0 aliphatic heterocycles. The fourth-order valence-corrected chi connectivity index (χ4v) is 3.30. The van der Waals surface area contributed by atoms with Gasteiger partial charge in [-0.3, -0.25) is 9.52 Å². The van der Waals surface area contributed by atoms with E-state index in [0.29, 0.717) is 12.1 Å². The number of halogens is 1. The number of anilines is 1. The maximum Gasteiger partial charge on any atom is 0.261 e. The van der Waals surface area contributed by atoms with Crippen molar-refractivity contribution in [3.8, 4) is 0 Å². The normalized spacial score (nSPS) is 11.4. The zero-order chi connectivity index (χ0) is 19.2. The molecule has 0 aliphatic rings. The molecule has 0 atom stereocenters. The van der Waals surface area contributed by atoms with Crippen molar-refractivity contribution in [2.75, 3.05) is 31.9 Å². The van der Waals surface area contributed by atoms with Gasteiger partial charge in [0.25, 0.3) is 15.9 Å². The highest BCUT2D eigenvalue weighted by Gasteiger charge is 2.15.